The van der Waals surface area contributed by atoms with Gasteiger partial charge in [0.05, 0.1) is 13.2 Å². The quantitative estimate of drug-likeness (QED) is 0.226. The zero-order valence-electron chi connectivity index (χ0n) is 27.8. The van der Waals surface area contributed by atoms with Crippen molar-refractivity contribution in [3.8, 4) is 23.3 Å². The zero-order valence-corrected chi connectivity index (χ0v) is 27.8. The number of ether oxygens (including phenoxy) is 3. The van der Waals surface area contributed by atoms with Gasteiger partial charge < -0.3 is 19.1 Å². The molecule has 1 saturated carbocycles. The summed E-state index contributed by atoms with van der Waals surface area (Å²) in [5, 5.41) is 0. The predicted octanol–water partition coefficient (Wildman–Crippen LogP) is 5.94. The maximum Gasteiger partial charge on any atom is 0.303 e. The van der Waals surface area contributed by atoms with Gasteiger partial charge >= 0.3 is 5.97 Å². The average molecular weight is 633 g/mol. The molecule has 3 aromatic rings. The van der Waals surface area contributed by atoms with Crippen molar-refractivity contribution in [1.82, 2.24) is 9.80 Å². The van der Waals surface area contributed by atoms with Gasteiger partial charge in [-0.2, -0.15) is 0 Å². The Morgan fingerprint density at radius 3 is 2.49 bits per heavy atom. The third-order valence-electron chi connectivity index (χ3n) is 10.8. The Morgan fingerprint density at radius 1 is 1.04 bits per heavy atom. The normalized spacial score (nSPS) is 25.9. The summed E-state index contributed by atoms with van der Waals surface area (Å²) in [6, 6.07) is 24.2. The Morgan fingerprint density at radius 2 is 1.79 bits per heavy atom. The fraction of sp³-hybridized carbons (Fsp3) is 0.450. The Kier molecular flexibility index (Phi) is 8.48. The number of carbonyl (C=O) groups is 2. The van der Waals surface area contributed by atoms with Crippen molar-refractivity contribution in [2.45, 2.75) is 76.2 Å². The molecule has 1 spiro atoms. The van der Waals surface area contributed by atoms with Crippen molar-refractivity contribution in [1.29, 1.82) is 0 Å². The Balaban J connectivity index is 1.25. The molecule has 1 saturated heterocycles. The van der Waals surface area contributed by atoms with Crippen molar-refractivity contribution >= 4 is 11.9 Å². The first kappa shape index (κ1) is 31.3. The Bertz CT molecular complexity index is 1700. The zero-order chi connectivity index (χ0) is 32.7. The van der Waals surface area contributed by atoms with E-state index in [1.807, 2.05) is 71.6 Å². The molecule has 7 heteroatoms. The first-order valence-electron chi connectivity index (χ1n) is 17.0. The lowest BCUT2D eigenvalue weighted by Gasteiger charge is -2.60. The van der Waals surface area contributed by atoms with E-state index in [1.54, 1.807) is 7.11 Å². The second kappa shape index (κ2) is 12.7. The van der Waals surface area contributed by atoms with Gasteiger partial charge in [0, 0.05) is 48.5 Å². The van der Waals surface area contributed by atoms with E-state index in [0.717, 1.165) is 54.9 Å². The van der Waals surface area contributed by atoms with E-state index in [-0.39, 0.29) is 47.5 Å². The number of hydrogen-bond acceptors (Lipinski definition) is 6. The van der Waals surface area contributed by atoms with E-state index in [9.17, 15) is 9.59 Å². The first-order chi connectivity index (χ1) is 22.8. The van der Waals surface area contributed by atoms with Crippen LogP contribution in [0.1, 0.15) is 68.4 Å². The van der Waals surface area contributed by atoms with Crippen LogP contribution >= 0.6 is 0 Å². The third kappa shape index (κ3) is 5.57. The molecule has 244 valence electrons. The number of amides is 1. The molecule has 47 heavy (non-hydrogen) atoms. The van der Waals surface area contributed by atoms with Crippen LogP contribution in [-0.2, 0) is 26.2 Å². The molecule has 6 atom stereocenters. The van der Waals surface area contributed by atoms with E-state index in [2.05, 4.69) is 36.7 Å². The van der Waals surface area contributed by atoms with Crippen molar-refractivity contribution < 1.29 is 23.8 Å². The topological polar surface area (TPSA) is 68.3 Å². The van der Waals surface area contributed by atoms with Gasteiger partial charge in [-0.1, -0.05) is 74.4 Å². The summed E-state index contributed by atoms with van der Waals surface area (Å²) in [4.78, 5) is 30.8. The molecular formula is C40H44N2O5. The molecule has 1 unspecified atom stereocenters. The third-order valence-corrected chi connectivity index (χ3v) is 10.8. The lowest BCUT2D eigenvalue weighted by atomic mass is 9.51. The molecule has 2 heterocycles. The number of rotatable bonds is 8. The summed E-state index contributed by atoms with van der Waals surface area (Å²) in [5.74, 6) is 7.90. The fourth-order valence-corrected chi connectivity index (χ4v) is 9.07. The summed E-state index contributed by atoms with van der Waals surface area (Å²) in [6.45, 7) is 7.90. The number of hydrogen-bond donors (Lipinski definition) is 0. The molecule has 0 N–H and O–H groups in total. The van der Waals surface area contributed by atoms with Gasteiger partial charge in [-0.25, -0.2) is 0 Å². The fourth-order valence-electron chi connectivity index (χ4n) is 9.07. The Labute approximate surface area is 278 Å². The first-order valence-corrected chi connectivity index (χ1v) is 17.0. The molecule has 3 aromatic carbocycles. The van der Waals surface area contributed by atoms with Gasteiger partial charge in [0.15, 0.2) is 11.5 Å². The lowest BCUT2D eigenvalue weighted by Crippen LogP contribution is -2.69. The van der Waals surface area contributed by atoms with Crippen LogP contribution in [0.25, 0.3) is 0 Å². The molecule has 2 bridgehead atoms. The van der Waals surface area contributed by atoms with E-state index < -0.39 is 0 Å². The summed E-state index contributed by atoms with van der Waals surface area (Å²) in [5.41, 5.74) is 4.18. The maximum absolute atomic E-state index is 14.0. The van der Waals surface area contributed by atoms with Crippen molar-refractivity contribution in [2.75, 3.05) is 26.7 Å². The van der Waals surface area contributed by atoms with E-state index in [1.165, 1.54) is 18.1 Å². The van der Waals surface area contributed by atoms with Gasteiger partial charge in [-0.3, -0.25) is 14.5 Å². The highest BCUT2D eigenvalue weighted by molar-refractivity contribution is 5.94. The number of likely N-dealkylation sites (tertiary alicyclic amines) is 1. The average Bonchev–Trinajstić information content (AvgIpc) is 3.42. The summed E-state index contributed by atoms with van der Waals surface area (Å²) >= 11 is 0. The number of benzene rings is 3. The molecule has 4 aliphatic rings. The molecule has 7 rings (SSSR count). The molecule has 1 amide bonds. The van der Waals surface area contributed by atoms with Crippen molar-refractivity contribution in [3.05, 3.63) is 95.1 Å². The minimum Gasteiger partial charge on any atom is -0.493 e. The molecular weight excluding hydrogens is 588 g/mol. The van der Waals surface area contributed by atoms with Crippen LogP contribution < -0.4 is 9.47 Å². The van der Waals surface area contributed by atoms with Crippen LogP contribution in [0.2, 0.25) is 0 Å². The van der Waals surface area contributed by atoms with Crippen LogP contribution in [0.15, 0.2) is 72.8 Å². The molecule has 2 aliphatic carbocycles. The molecule has 7 nitrogen and oxygen atoms in total. The second-order valence-corrected chi connectivity index (χ2v) is 14.0. The highest BCUT2D eigenvalue weighted by Crippen LogP contribution is 2.64. The smallest absolute Gasteiger partial charge is 0.303 e. The van der Waals surface area contributed by atoms with Crippen LogP contribution in [0, 0.1) is 23.7 Å². The highest BCUT2D eigenvalue weighted by Gasteiger charge is 2.66. The van der Waals surface area contributed by atoms with E-state index in [0.29, 0.717) is 19.0 Å². The number of esters is 1. The second-order valence-electron chi connectivity index (χ2n) is 14.0. The SMILES string of the molecule is COc1ccc2c3c1O[C@H]1[C@@H](N(CC(C)C)C(=O)C#Cc4ccccc4)CC[C@H]4[C@@H](C2)N(CC(OC(C)=O)c2ccccc2)CC[C@@]341. The predicted molar refractivity (Wildman–Crippen MR) is 180 cm³/mol. The maximum atomic E-state index is 14.0. The van der Waals surface area contributed by atoms with Crippen LogP contribution in [0.3, 0.4) is 0 Å². The van der Waals surface area contributed by atoms with Crippen LogP contribution in [0.5, 0.6) is 11.5 Å². The van der Waals surface area contributed by atoms with E-state index >= 15 is 0 Å². The van der Waals surface area contributed by atoms with E-state index in [4.69, 9.17) is 14.2 Å². The minimum atomic E-state index is -0.343. The number of piperidine rings is 1. The Hall–Kier alpha value is -4.28. The van der Waals surface area contributed by atoms with Crippen molar-refractivity contribution in [3.63, 3.8) is 0 Å². The van der Waals surface area contributed by atoms with Crippen LogP contribution in [0.4, 0.5) is 0 Å². The monoisotopic (exact) mass is 632 g/mol. The molecule has 0 radical (unpaired) electrons. The largest absolute Gasteiger partial charge is 0.493 e. The lowest BCUT2D eigenvalue weighted by molar-refractivity contribution is -0.151. The van der Waals surface area contributed by atoms with Gasteiger partial charge in [0.1, 0.15) is 12.2 Å². The minimum absolute atomic E-state index is 0.111. The van der Waals surface area contributed by atoms with Gasteiger partial charge in [0.2, 0.25) is 0 Å². The van der Waals surface area contributed by atoms with Crippen molar-refractivity contribution in [2.24, 2.45) is 11.8 Å². The molecule has 0 aromatic heterocycles. The van der Waals surface area contributed by atoms with Gasteiger partial charge in [0.25, 0.3) is 5.91 Å². The molecule has 2 fully saturated rings. The summed E-state index contributed by atoms with van der Waals surface area (Å²) in [6.07, 6.45) is 3.06. The van der Waals surface area contributed by atoms with Gasteiger partial charge in [-0.15, -0.1) is 0 Å². The number of nitrogens with zero attached hydrogens (tertiary/aromatic N) is 2. The van der Waals surface area contributed by atoms with Gasteiger partial charge in [-0.05, 0) is 73.4 Å². The molecule has 2 aliphatic heterocycles. The number of carbonyl (C=O) groups excluding carboxylic acids is 2. The highest BCUT2D eigenvalue weighted by atomic mass is 16.5. The summed E-state index contributed by atoms with van der Waals surface area (Å²) in [7, 11) is 1.71. The number of methoxy groups -OCH3 is 1. The van der Waals surface area contributed by atoms with Crippen LogP contribution in [-0.4, -0.2) is 66.6 Å². The standard InChI is InChI=1S/C40H44N2O5/c1-26(2)24-42(36(44)20-15-28-11-7-5-8-12-28)32-18-17-31-33-23-30-16-19-34(45-4)38-37(30)40(31,39(32)47-38)21-22-41(33)25-35(46-27(3)43)29-13-9-6-10-14-29/h5-14,16,19,26,31-33,35,39H,17-18,21-25H2,1-4H3/t31-,32-,33+,35?,39-,40-/m0/s1. The summed E-state index contributed by atoms with van der Waals surface area (Å²) < 4.78 is 18.9.